The molecule has 128 valence electrons. The number of carbonyl (C=O) groups is 1. The summed E-state index contributed by atoms with van der Waals surface area (Å²) < 4.78 is 0. The smallest absolute Gasteiger partial charge is 0.251 e. The average molecular weight is 333 g/mol. The predicted molar refractivity (Wildman–Crippen MR) is 102 cm³/mol. The number of aryl methyl sites for hydroxylation is 1. The van der Waals surface area contributed by atoms with Crippen LogP contribution in [0.1, 0.15) is 27.5 Å². The molecule has 3 aromatic rings. The van der Waals surface area contributed by atoms with Gasteiger partial charge in [-0.3, -0.25) is 9.78 Å². The zero-order valence-electron chi connectivity index (χ0n) is 14.9. The van der Waals surface area contributed by atoms with Gasteiger partial charge in [-0.1, -0.05) is 35.9 Å². The highest BCUT2D eigenvalue weighted by molar-refractivity contribution is 5.98. The van der Waals surface area contributed by atoms with Gasteiger partial charge in [-0.2, -0.15) is 0 Å². The highest BCUT2D eigenvalue weighted by Crippen LogP contribution is 2.18. The van der Waals surface area contributed by atoms with Crippen molar-refractivity contribution in [2.75, 3.05) is 20.6 Å². The van der Waals surface area contributed by atoms with E-state index in [1.165, 1.54) is 5.56 Å². The van der Waals surface area contributed by atoms with E-state index in [4.69, 9.17) is 0 Å². The van der Waals surface area contributed by atoms with Gasteiger partial charge < -0.3 is 10.2 Å². The standard InChI is InChI=1S/C21H23N3O/c1-15-5-4-6-17(11-15)20(14-24(2)3)23-21(25)18-7-8-19-13-22-10-9-16(19)12-18/h4-13,20H,14H2,1-3H3,(H,23,25)/t20-/m1/s1. The lowest BCUT2D eigenvalue weighted by Gasteiger charge is -2.23. The van der Waals surface area contributed by atoms with Gasteiger partial charge >= 0.3 is 0 Å². The topological polar surface area (TPSA) is 45.2 Å². The van der Waals surface area contributed by atoms with Crippen LogP contribution in [0.5, 0.6) is 0 Å². The third kappa shape index (κ3) is 4.22. The summed E-state index contributed by atoms with van der Waals surface area (Å²) in [6.45, 7) is 2.81. The van der Waals surface area contributed by atoms with Crippen LogP contribution >= 0.6 is 0 Å². The molecule has 0 aliphatic carbocycles. The van der Waals surface area contributed by atoms with E-state index in [1.54, 1.807) is 12.4 Å². The average Bonchev–Trinajstić information content (AvgIpc) is 2.60. The summed E-state index contributed by atoms with van der Waals surface area (Å²) in [4.78, 5) is 19.0. The van der Waals surface area contributed by atoms with E-state index in [2.05, 4.69) is 40.3 Å². The molecular formula is C21H23N3O. The maximum Gasteiger partial charge on any atom is 0.251 e. The van der Waals surface area contributed by atoms with Gasteiger partial charge in [-0.25, -0.2) is 0 Å². The molecular weight excluding hydrogens is 310 g/mol. The van der Waals surface area contributed by atoms with Crippen molar-refractivity contribution >= 4 is 16.7 Å². The van der Waals surface area contributed by atoms with Crippen LogP contribution in [0, 0.1) is 6.92 Å². The van der Waals surface area contributed by atoms with Crippen LogP contribution in [0.2, 0.25) is 0 Å². The van der Waals surface area contributed by atoms with E-state index in [1.807, 2.05) is 44.4 Å². The third-order valence-electron chi connectivity index (χ3n) is 4.20. The highest BCUT2D eigenvalue weighted by atomic mass is 16.1. The van der Waals surface area contributed by atoms with Gasteiger partial charge in [0.15, 0.2) is 0 Å². The highest BCUT2D eigenvalue weighted by Gasteiger charge is 2.17. The molecule has 0 saturated carbocycles. The number of carbonyl (C=O) groups excluding carboxylic acids is 1. The molecule has 1 atom stereocenters. The van der Waals surface area contributed by atoms with Crippen molar-refractivity contribution in [3.05, 3.63) is 77.6 Å². The van der Waals surface area contributed by atoms with Crippen LogP contribution in [0.3, 0.4) is 0 Å². The first kappa shape index (κ1) is 17.1. The van der Waals surface area contributed by atoms with E-state index in [9.17, 15) is 4.79 Å². The number of hydrogen-bond acceptors (Lipinski definition) is 3. The first-order valence-electron chi connectivity index (χ1n) is 8.39. The van der Waals surface area contributed by atoms with Crippen LogP contribution in [-0.2, 0) is 0 Å². The third-order valence-corrected chi connectivity index (χ3v) is 4.20. The molecule has 0 bridgehead atoms. The first-order valence-corrected chi connectivity index (χ1v) is 8.39. The Morgan fingerprint density at radius 3 is 2.72 bits per heavy atom. The predicted octanol–water partition coefficient (Wildman–Crippen LogP) is 3.58. The fraction of sp³-hybridized carbons (Fsp3) is 0.238. The molecule has 25 heavy (non-hydrogen) atoms. The van der Waals surface area contributed by atoms with Gasteiger partial charge in [0.25, 0.3) is 5.91 Å². The fourth-order valence-electron chi connectivity index (χ4n) is 2.95. The molecule has 1 amide bonds. The van der Waals surface area contributed by atoms with Gasteiger partial charge in [0.1, 0.15) is 0 Å². The Balaban J connectivity index is 1.85. The van der Waals surface area contributed by atoms with Gasteiger partial charge in [0.05, 0.1) is 6.04 Å². The minimum Gasteiger partial charge on any atom is -0.344 e. The lowest BCUT2D eigenvalue weighted by Crippen LogP contribution is -2.35. The molecule has 0 aliphatic rings. The zero-order chi connectivity index (χ0) is 17.8. The van der Waals surface area contributed by atoms with Crippen molar-refractivity contribution in [1.29, 1.82) is 0 Å². The van der Waals surface area contributed by atoms with E-state index < -0.39 is 0 Å². The Kier molecular flexibility index (Phi) is 5.10. The van der Waals surface area contributed by atoms with Gasteiger partial charge in [-0.05, 0) is 50.2 Å². The minimum atomic E-state index is -0.0629. The van der Waals surface area contributed by atoms with Crippen LogP contribution in [0.15, 0.2) is 60.9 Å². The number of nitrogens with zero attached hydrogens (tertiary/aromatic N) is 2. The minimum absolute atomic E-state index is 0.0597. The molecule has 1 heterocycles. The molecule has 0 radical (unpaired) electrons. The van der Waals surface area contributed by atoms with Crippen molar-refractivity contribution in [3.8, 4) is 0 Å². The van der Waals surface area contributed by atoms with Crippen LogP contribution in [-0.4, -0.2) is 36.4 Å². The van der Waals surface area contributed by atoms with Gasteiger partial charge in [0.2, 0.25) is 0 Å². The zero-order valence-corrected chi connectivity index (χ0v) is 14.9. The lowest BCUT2D eigenvalue weighted by atomic mass is 10.0. The molecule has 3 rings (SSSR count). The maximum atomic E-state index is 12.8. The van der Waals surface area contributed by atoms with E-state index in [-0.39, 0.29) is 11.9 Å². The normalized spacial score (nSPS) is 12.3. The molecule has 4 heteroatoms. The summed E-state index contributed by atoms with van der Waals surface area (Å²) in [6, 6.07) is 15.8. The Bertz CT molecular complexity index is 889. The Morgan fingerprint density at radius 1 is 1.12 bits per heavy atom. The van der Waals surface area contributed by atoms with Crippen molar-refractivity contribution in [3.63, 3.8) is 0 Å². The van der Waals surface area contributed by atoms with Crippen molar-refractivity contribution in [2.24, 2.45) is 0 Å². The molecule has 0 unspecified atom stereocenters. The number of aromatic nitrogens is 1. The van der Waals surface area contributed by atoms with Crippen LogP contribution in [0.4, 0.5) is 0 Å². The molecule has 2 aromatic carbocycles. The van der Waals surface area contributed by atoms with Crippen LogP contribution < -0.4 is 5.32 Å². The Morgan fingerprint density at radius 2 is 1.96 bits per heavy atom. The summed E-state index contributed by atoms with van der Waals surface area (Å²) in [5.74, 6) is -0.0629. The number of amides is 1. The quantitative estimate of drug-likeness (QED) is 0.776. The van der Waals surface area contributed by atoms with Crippen molar-refractivity contribution < 1.29 is 4.79 Å². The Labute approximate surface area is 148 Å². The fourth-order valence-corrected chi connectivity index (χ4v) is 2.95. The maximum absolute atomic E-state index is 12.8. The number of likely N-dealkylation sites (N-methyl/N-ethyl adjacent to an activating group) is 1. The summed E-state index contributed by atoms with van der Waals surface area (Å²) in [5.41, 5.74) is 2.97. The summed E-state index contributed by atoms with van der Waals surface area (Å²) in [6.07, 6.45) is 3.55. The molecule has 0 spiro atoms. The molecule has 4 nitrogen and oxygen atoms in total. The molecule has 1 N–H and O–H groups in total. The summed E-state index contributed by atoms with van der Waals surface area (Å²) in [7, 11) is 4.02. The molecule has 0 fully saturated rings. The second-order valence-electron chi connectivity index (χ2n) is 6.64. The number of pyridine rings is 1. The second-order valence-corrected chi connectivity index (χ2v) is 6.64. The summed E-state index contributed by atoms with van der Waals surface area (Å²) >= 11 is 0. The molecule has 0 aliphatic heterocycles. The van der Waals surface area contributed by atoms with Crippen molar-refractivity contribution in [2.45, 2.75) is 13.0 Å². The number of benzene rings is 2. The van der Waals surface area contributed by atoms with Gasteiger partial charge in [0, 0.05) is 29.9 Å². The van der Waals surface area contributed by atoms with E-state index in [0.717, 1.165) is 22.9 Å². The van der Waals surface area contributed by atoms with E-state index in [0.29, 0.717) is 5.56 Å². The number of hydrogen-bond donors (Lipinski definition) is 1. The van der Waals surface area contributed by atoms with E-state index >= 15 is 0 Å². The lowest BCUT2D eigenvalue weighted by molar-refractivity contribution is 0.0930. The molecule has 1 aromatic heterocycles. The number of rotatable bonds is 5. The SMILES string of the molecule is Cc1cccc([C@@H](CN(C)C)NC(=O)c2ccc3cnccc3c2)c1. The first-order chi connectivity index (χ1) is 12.0. The van der Waals surface area contributed by atoms with Crippen LogP contribution in [0.25, 0.3) is 10.8 Å². The van der Waals surface area contributed by atoms with Gasteiger partial charge in [-0.15, -0.1) is 0 Å². The number of nitrogens with one attached hydrogen (secondary N) is 1. The largest absolute Gasteiger partial charge is 0.344 e. The monoisotopic (exact) mass is 333 g/mol. The summed E-state index contributed by atoms with van der Waals surface area (Å²) in [5, 5.41) is 5.22. The molecule has 0 saturated heterocycles. The Hall–Kier alpha value is -2.72. The number of fused-ring (bicyclic) bond motifs is 1. The second kappa shape index (κ2) is 7.45. The van der Waals surface area contributed by atoms with Crippen molar-refractivity contribution in [1.82, 2.24) is 15.2 Å².